The number of hydrogen-bond acceptors (Lipinski definition) is 3. The molecule has 2 unspecified atom stereocenters. The molecule has 0 bridgehead atoms. The van der Waals surface area contributed by atoms with E-state index in [2.05, 4.69) is 54.8 Å². The highest BCUT2D eigenvalue weighted by Gasteiger charge is 2.21. The van der Waals surface area contributed by atoms with E-state index in [4.69, 9.17) is 4.74 Å². The molecule has 0 saturated carbocycles. The van der Waals surface area contributed by atoms with Crippen LogP contribution in [-0.2, 0) is 4.74 Å². The van der Waals surface area contributed by atoms with Gasteiger partial charge in [-0.3, -0.25) is 4.90 Å². The van der Waals surface area contributed by atoms with Crippen LogP contribution in [0.5, 0.6) is 0 Å². The van der Waals surface area contributed by atoms with Crippen molar-refractivity contribution in [1.82, 2.24) is 4.90 Å². The molecule has 0 radical (unpaired) electrons. The summed E-state index contributed by atoms with van der Waals surface area (Å²) in [5.41, 5.74) is 1.40. The van der Waals surface area contributed by atoms with Crippen molar-refractivity contribution in [2.45, 2.75) is 25.4 Å². The Bertz CT molecular complexity index is 344. The average Bonchev–Trinajstić information content (AvgIpc) is 2.46. The molecule has 0 spiro atoms. The molecule has 18 heavy (non-hydrogen) atoms. The van der Waals surface area contributed by atoms with Crippen molar-refractivity contribution in [1.29, 1.82) is 0 Å². The Morgan fingerprint density at radius 3 is 2.83 bits per heavy atom. The fourth-order valence-electron chi connectivity index (χ4n) is 2.50. The van der Waals surface area contributed by atoms with E-state index in [1.54, 1.807) is 0 Å². The van der Waals surface area contributed by atoms with E-state index in [0.29, 0.717) is 12.0 Å². The van der Waals surface area contributed by atoms with Crippen molar-refractivity contribution >= 4 is 12.6 Å². The monoisotopic (exact) mass is 265 g/mol. The highest BCUT2D eigenvalue weighted by atomic mass is 32.1. The number of morpholine rings is 1. The third kappa shape index (κ3) is 3.74. The van der Waals surface area contributed by atoms with Gasteiger partial charge in [-0.05, 0) is 17.7 Å². The third-order valence-corrected chi connectivity index (χ3v) is 4.09. The Balaban J connectivity index is 1.94. The Morgan fingerprint density at radius 2 is 2.17 bits per heavy atom. The van der Waals surface area contributed by atoms with Gasteiger partial charge in [0.05, 0.1) is 12.7 Å². The van der Waals surface area contributed by atoms with Gasteiger partial charge in [0.25, 0.3) is 0 Å². The van der Waals surface area contributed by atoms with Crippen LogP contribution in [0.2, 0.25) is 0 Å². The minimum absolute atomic E-state index is 0.412. The molecule has 1 saturated heterocycles. The second-order valence-corrected chi connectivity index (χ2v) is 5.32. The van der Waals surface area contributed by atoms with Crippen LogP contribution in [0.15, 0.2) is 30.3 Å². The molecule has 1 fully saturated rings. The zero-order chi connectivity index (χ0) is 12.8. The van der Waals surface area contributed by atoms with Gasteiger partial charge in [0, 0.05) is 25.6 Å². The first kappa shape index (κ1) is 13.9. The van der Waals surface area contributed by atoms with Crippen molar-refractivity contribution in [2.75, 3.05) is 32.0 Å². The minimum atomic E-state index is 0.412. The number of rotatable bonds is 5. The van der Waals surface area contributed by atoms with Crippen LogP contribution in [0.3, 0.4) is 0 Å². The molecule has 0 aliphatic carbocycles. The number of thiol groups is 1. The Morgan fingerprint density at radius 1 is 1.39 bits per heavy atom. The number of ether oxygens (including phenoxy) is 1. The van der Waals surface area contributed by atoms with Crippen LogP contribution in [0.1, 0.15) is 24.8 Å². The van der Waals surface area contributed by atoms with E-state index < -0.39 is 0 Å². The van der Waals surface area contributed by atoms with Crippen LogP contribution in [0.4, 0.5) is 0 Å². The van der Waals surface area contributed by atoms with Crippen molar-refractivity contribution in [3.05, 3.63) is 35.9 Å². The second-order valence-electron chi connectivity index (χ2n) is 4.95. The maximum atomic E-state index is 5.72. The molecule has 1 aliphatic rings. The van der Waals surface area contributed by atoms with Crippen molar-refractivity contribution in [2.24, 2.45) is 0 Å². The SMILES string of the molecule is CCC1CN(CC(CS)c2ccccc2)CCO1. The van der Waals surface area contributed by atoms with Crippen LogP contribution >= 0.6 is 12.6 Å². The van der Waals surface area contributed by atoms with Gasteiger partial charge in [0.1, 0.15) is 0 Å². The quantitative estimate of drug-likeness (QED) is 0.822. The summed E-state index contributed by atoms with van der Waals surface area (Å²) in [5, 5.41) is 0. The highest BCUT2D eigenvalue weighted by Crippen LogP contribution is 2.20. The molecular formula is C15H23NOS. The van der Waals surface area contributed by atoms with Crippen molar-refractivity contribution < 1.29 is 4.74 Å². The maximum absolute atomic E-state index is 5.72. The lowest BCUT2D eigenvalue weighted by Gasteiger charge is -2.34. The molecule has 0 amide bonds. The molecular weight excluding hydrogens is 242 g/mol. The molecule has 2 rings (SSSR count). The molecule has 0 aromatic heterocycles. The molecule has 2 nitrogen and oxygen atoms in total. The van der Waals surface area contributed by atoms with Crippen LogP contribution < -0.4 is 0 Å². The first-order chi connectivity index (χ1) is 8.83. The van der Waals surface area contributed by atoms with Crippen molar-refractivity contribution in [3.63, 3.8) is 0 Å². The van der Waals surface area contributed by atoms with Crippen LogP contribution in [0, 0.1) is 0 Å². The first-order valence-corrected chi connectivity index (χ1v) is 7.46. The summed E-state index contributed by atoms with van der Waals surface area (Å²) >= 11 is 4.51. The summed E-state index contributed by atoms with van der Waals surface area (Å²) in [6, 6.07) is 10.7. The van der Waals surface area contributed by atoms with Gasteiger partial charge in [-0.2, -0.15) is 12.6 Å². The summed E-state index contributed by atoms with van der Waals surface area (Å²) in [6.45, 7) is 6.27. The lowest BCUT2D eigenvalue weighted by molar-refractivity contribution is -0.0307. The Kier molecular flexibility index (Phi) is 5.54. The Hall–Kier alpha value is -0.510. The molecule has 3 heteroatoms. The standard InChI is InChI=1S/C15H23NOS/c1-2-15-11-16(8-9-17-15)10-14(12-18)13-6-4-3-5-7-13/h3-7,14-15,18H,2,8-12H2,1H3. The van der Waals surface area contributed by atoms with E-state index in [1.807, 2.05) is 0 Å². The third-order valence-electron chi connectivity index (χ3n) is 3.65. The fraction of sp³-hybridized carbons (Fsp3) is 0.600. The maximum Gasteiger partial charge on any atom is 0.0700 e. The lowest BCUT2D eigenvalue weighted by atomic mass is 10.00. The summed E-state index contributed by atoms with van der Waals surface area (Å²) < 4.78 is 5.72. The first-order valence-electron chi connectivity index (χ1n) is 6.83. The second kappa shape index (κ2) is 7.17. The smallest absolute Gasteiger partial charge is 0.0700 e. The number of nitrogens with zero attached hydrogens (tertiary/aromatic N) is 1. The van der Waals surface area contributed by atoms with Gasteiger partial charge in [-0.25, -0.2) is 0 Å². The topological polar surface area (TPSA) is 12.5 Å². The summed E-state index contributed by atoms with van der Waals surface area (Å²) in [4.78, 5) is 2.52. The molecule has 1 heterocycles. The molecule has 100 valence electrons. The van der Waals surface area contributed by atoms with Crippen molar-refractivity contribution in [3.8, 4) is 0 Å². The largest absolute Gasteiger partial charge is 0.376 e. The Labute approximate surface area is 116 Å². The van der Waals surface area contributed by atoms with E-state index in [9.17, 15) is 0 Å². The highest BCUT2D eigenvalue weighted by molar-refractivity contribution is 7.80. The molecule has 1 aromatic rings. The van der Waals surface area contributed by atoms with Crippen LogP contribution in [0.25, 0.3) is 0 Å². The minimum Gasteiger partial charge on any atom is -0.376 e. The number of hydrogen-bond donors (Lipinski definition) is 1. The van der Waals surface area contributed by atoms with Gasteiger partial charge in [-0.15, -0.1) is 0 Å². The van der Waals surface area contributed by atoms with Gasteiger partial charge >= 0.3 is 0 Å². The molecule has 0 N–H and O–H groups in total. The van der Waals surface area contributed by atoms with E-state index >= 15 is 0 Å². The van der Waals surface area contributed by atoms with Gasteiger partial charge in [0.15, 0.2) is 0 Å². The van der Waals surface area contributed by atoms with E-state index in [-0.39, 0.29) is 0 Å². The molecule has 2 atom stereocenters. The number of benzene rings is 1. The van der Waals surface area contributed by atoms with E-state index in [0.717, 1.165) is 38.4 Å². The average molecular weight is 265 g/mol. The predicted molar refractivity (Wildman–Crippen MR) is 79.5 cm³/mol. The molecule has 1 aromatic carbocycles. The van der Waals surface area contributed by atoms with Gasteiger partial charge < -0.3 is 4.74 Å². The van der Waals surface area contributed by atoms with E-state index in [1.165, 1.54) is 5.56 Å². The zero-order valence-electron chi connectivity index (χ0n) is 11.1. The fourth-order valence-corrected chi connectivity index (χ4v) is 2.82. The molecule has 1 aliphatic heterocycles. The van der Waals surface area contributed by atoms with Crippen LogP contribution in [-0.4, -0.2) is 43.0 Å². The summed E-state index contributed by atoms with van der Waals surface area (Å²) in [5.74, 6) is 1.42. The predicted octanol–water partition coefficient (Wildman–Crippen LogP) is 2.81. The van der Waals surface area contributed by atoms with Gasteiger partial charge in [-0.1, -0.05) is 37.3 Å². The lowest BCUT2D eigenvalue weighted by Crippen LogP contribution is -2.44. The zero-order valence-corrected chi connectivity index (χ0v) is 12.0. The normalized spacial score (nSPS) is 22.9. The summed E-state index contributed by atoms with van der Waals surface area (Å²) in [6.07, 6.45) is 1.52. The van der Waals surface area contributed by atoms with Gasteiger partial charge in [0.2, 0.25) is 0 Å². The summed E-state index contributed by atoms with van der Waals surface area (Å²) in [7, 11) is 0.